The number of hydrogen-bond acceptors (Lipinski definition) is 4. The third kappa shape index (κ3) is 3.79. The molecule has 4 nitrogen and oxygen atoms in total. The number of Topliss-reactive ketones (excluding diaryl/α,β-unsaturated/α-hetero) is 2. The van der Waals surface area contributed by atoms with Crippen molar-refractivity contribution in [1.82, 2.24) is 0 Å². The van der Waals surface area contributed by atoms with Gasteiger partial charge in [0.2, 0.25) is 0 Å². The number of carbonyl (C=O) groups is 2. The van der Waals surface area contributed by atoms with E-state index in [0.717, 1.165) is 12.8 Å². The molecule has 0 bridgehead atoms. The number of benzene rings is 1. The van der Waals surface area contributed by atoms with Crippen molar-refractivity contribution in [3.8, 4) is 17.6 Å². The van der Waals surface area contributed by atoms with Crippen molar-refractivity contribution in [2.45, 2.75) is 38.5 Å². The Morgan fingerprint density at radius 1 is 1.12 bits per heavy atom. The van der Waals surface area contributed by atoms with Crippen molar-refractivity contribution in [3.05, 3.63) is 28.3 Å². The summed E-state index contributed by atoms with van der Waals surface area (Å²) in [5, 5.41) is 0.360. The Hall–Kier alpha value is -1.83. The lowest BCUT2D eigenvalue weighted by Gasteiger charge is -2.34. The fourth-order valence-corrected chi connectivity index (χ4v) is 4.42. The summed E-state index contributed by atoms with van der Waals surface area (Å²) >= 11 is 6.43. The highest BCUT2D eigenvalue weighted by Crippen LogP contribution is 2.42. The van der Waals surface area contributed by atoms with E-state index in [1.165, 1.54) is 7.11 Å². The van der Waals surface area contributed by atoms with Crippen LogP contribution in [0.3, 0.4) is 0 Å². The Morgan fingerprint density at radius 3 is 2.35 bits per heavy atom. The minimum Gasteiger partial charge on any atom is -0.496 e. The Kier molecular flexibility index (Phi) is 6.01. The highest BCUT2D eigenvalue weighted by molar-refractivity contribution is 6.32. The Morgan fingerprint density at radius 2 is 1.77 bits per heavy atom. The van der Waals surface area contributed by atoms with Gasteiger partial charge in [0.15, 0.2) is 0 Å². The molecule has 138 valence electrons. The van der Waals surface area contributed by atoms with E-state index in [4.69, 9.17) is 21.1 Å². The lowest BCUT2D eigenvalue weighted by Crippen LogP contribution is -2.36. The summed E-state index contributed by atoms with van der Waals surface area (Å²) in [6.07, 6.45) is 2.67. The van der Waals surface area contributed by atoms with E-state index in [0.29, 0.717) is 53.9 Å². The first-order valence-corrected chi connectivity index (χ1v) is 9.36. The molecule has 0 radical (unpaired) electrons. The molecule has 0 unspecified atom stereocenters. The van der Waals surface area contributed by atoms with E-state index >= 15 is 0 Å². The molecule has 0 aromatic heterocycles. The smallest absolute Gasteiger partial charge is 0.148 e. The van der Waals surface area contributed by atoms with E-state index in [-0.39, 0.29) is 17.5 Å². The van der Waals surface area contributed by atoms with Crippen LogP contribution in [0.4, 0.5) is 0 Å². The van der Waals surface area contributed by atoms with Gasteiger partial charge in [-0.1, -0.05) is 17.5 Å². The standard InChI is InChI=1S/C21H23ClO4/c1-3-4-13-9-16(22)20(19(10-13)25-2)21-17(23)11-15(12-18(21)24)14-5-7-26-8-6-14/h9-10,14-15,21H,5-8,11-12H2,1-2H3. The number of ether oxygens (including phenoxy) is 2. The van der Waals surface area contributed by atoms with Gasteiger partial charge in [-0.25, -0.2) is 0 Å². The van der Waals surface area contributed by atoms with Crippen LogP contribution in [0, 0.1) is 23.7 Å². The molecule has 3 rings (SSSR count). The number of carbonyl (C=O) groups excluding carboxylic acids is 2. The van der Waals surface area contributed by atoms with Gasteiger partial charge in [-0.05, 0) is 43.7 Å². The number of ketones is 2. The second-order valence-corrected chi connectivity index (χ2v) is 7.34. The minimum atomic E-state index is -0.836. The minimum absolute atomic E-state index is 0.0627. The molecular weight excluding hydrogens is 352 g/mol. The summed E-state index contributed by atoms with van der Waals surface area (Å²) in [6, 6.07) is 3.43. The molecule has 0 atom stereocenters. The van der Waals surface area contributed by atoms with Crippen LogP contribution < -0.4 is 4.74 Å². The average molecular weight is 375 g/mol. The van der Waals surface area contributed by atoms with Crippen LogP contribution in [-0.2, 0) is 14.3 Å². The third-order valence-corrected chi connectivity index (χ3v) is 5.69. The van der Waals surface area contributed by atoms with Crippen LogP contribution in [-0.4, -0.2) is 31.9 Å². The summed E-state index contributed by atoms with van der Waals surface area (Å²) in [4.78, 5) is 25.8. The molecule has 5 heteroatoms. The molecule has 2 aliphatic rings. The SMILES string of the molecule is CC#Cc1cc(Cl)c(C2C(=O)CC(C3CCOCC3)CC2=O)c(OC)c1. The van der Waals surface area contributed by atoms with Gasteiger partial charge < -0.3 is 9.47 Å². The van der Waals surface area contributed by atoms with Crippen LogP contribution in [0.15, 0.2) is 12.1 Å². The largest absolute Gasteiger partial charge is 0.496 e. The highest BCUT2D eigenvalue weighted by Gasteiger charge is 2.41. The zero-order chi connectivity index (χ0) is 18.7. The topological polar surface area (TPSA) is 52.6 Å². The van der Waals surface area contributed by atoms with Crippen molar-refractivity contribution in [3.63, 3.8) is 0 Å². The Balaban J connectivity index is 1.89. The molecule has 26 heavy (non-hydrogen) atoms. The van der Waals surface area contributed by atoms with E-state index in [1.54, 1.807) is 19.1 Å². The number of hydrogen-bond donors (Lipinski definition) is 0. The Bertz CT molecular complexity index is 750. The van der Waals surface area contributed by atoms with Crippen LogP contribution in [0.1, 0.15) is 49.7 Å². The second-order valence-electron chi connectivity index (χ2n) is 6.93. The molecular formula is C21H23ClO4. The van der Waals surface area contributed by atoms with E-state index < -0.39 is 5.92 Å². The molecule has 0 N–H and O–H groups in total. The lowest BCUT2D eigenvalue weighted by molar-refractivity contribution is -0.135. The van der Waals surface area contributed by atoms with Crippen LogP contribution in [0.25, 0.3) is 0 Å². The van der Waals surface area contributed by atoms with Crippen molar-refractivity contribution < 1.29 is 19.1 Å². The first kappa shape index (κ1) is 18.9. The first-order valence-electron chi connectivity index (χ1n) is 8.98. The van der Waals surface area contributed by atoms with Crippen molar-refractivity contribution in [2.75, 3.05) is 20.3 Å². The zero-order valence-electron chi connectivity index (χ0n) is 15.1. The predicted molar refractivity (Wildman–Crippen MR) is 99.6 cm³/mol. The first-order chi connectivity index (χ1) is 12.5. The summed E-state index contributed by atoms with van der Waals surface area (Å²) in [5.41, 5.74) is 1.19. The van der Waals surface area contributed by atoms with Gasteiger partial charge in [0.25, 0.3) is 0 Å². The second kappa shape index (κ2) is 8.24. The number of halogens is 1. The van der Waals surface area contributed by atoms with Crippen LogP contribution >= 0.6 is 11.6 Å². The molecule has 1 saturated carbocycles. The molecule has 0 amide bonds. The Labute approximate surface area is 159 Å². The van der Waals surface area contributed by atoms with Crippen LogP contribution in [0.2, 0.25) is 5.02 Å². The quantitative estimate of drug-likeness (QED) is 0.596. The molecule has 1 heterocycles. The zero-order valence-corrected chi connectivity index (χ0v) is 15.9. The van der Waals surface area contributed by atoms with Crippen LogP contribution in [0.5, 0.6) is 5.75 Å². The molecule has 1 aromatic rings. The van der Waals surface area contributed by atoms with Gasteiger partial charge >= 0.3 is 0 Å². The molecule has 1 aliphatic carbocycles. The van der Waals surface area contributed by atoms with Gasteiger partial charge in [-0.15, -0.1) is 5.92 Å². The maximum absolute atomic E-state index is 12.9. The lowest BCUT2D eigenvalue weighted by atomic mass is 9.70. The highest BCUT2D eigenvalue weighted by atomic mass is 35.5. The molecule has 2 fully saturated rings. The van der Waals surface area contributed by atoms with Gasteiger partial charge in [0.1, 0.15) is 23.2 Å². The monoisotopic (exact) mass is 374 g/mol. The van der Waals surface area contributed by atoms with Crippen molar-refractivity contribution in [2.24, 2.45) is 11.8 Å². The van der Waals surface area contributed by atoms with Crippen molar-refractivity contribution in [1.29, 1.82) is 0 Å². The maximum atomic E-state index is 12.9. The van der Waals surface area contributed by atoms with Gasteiger partial charge in [-0.3, -0.25) is 9.59 Å². The molecule has 0 spiro atoms. The maximum Gasteiger partial charge on any atom is 0.148 e. The molecule has 1 aliphatic heterocycles. The predicted octanol–water partition coefficient (Wildman–Crippen LogP) is 3.78. The third-order valence-electron chi connectivity index (χ3n) is 5.37. The number of rotatable bonds is 3. The fraction of sp³-hybridized carbons (Fsp3) is 0.524. The van der Waals surface area contributed by atoms with Gasteiger partial charge in [0.05, 0.1) is 7.11 Å². The van der Waals surface area contributed by atoms with E-state index in [2.05, 4.69) is 11.8 Å². The average Bonchev–Trinajstić information content (AvgIpc) is 2.63. The van der Waals surface area contributed by atoms with E-state index in [1.807, 2.05) is 0 Å². The molecule has 1 aromatic carbocycles. The van der Waals surface area contributed by atoms with E-state index in [9.17, 15) is 9.59 Å². The number of methoxy groups -OCH3 is 1. The van der Waals surface area contributed by atoms with Gasteiger partial charge in [-0.2, -0.15) is 0 Å². The summed E-state index contributed by atoms with van der Waals surface area (Å²) < 4.78 is 10.8. The van der Waals surface area contributed by atoms with Gasteiger partial charge in [0, 0.05) is 42.2 Å². The summed E-state index contributed by atoms with van der Waals surface area (Å²) in [6.45, 7) is 3.16. The fourth-order valence-electron chi connectivity index (χ4n) is 4.10. The normalized spacial score (nSPS) is 24.1. The summed E-state index contributed by atoms with van der Waals surface area (Å²) in [5.74, 6) is 5.73. The summed E-state index contributed by atoms with van der Waals surface area (Å²) in [7, 11) is 1.51. The molecule has 1 saturated heterocycles. The van der Waals surface area contributed by atoms with Crippen molar-refractivity contribution >= 4 is 23.2 Å².